The van der Waals surface area contributed by atoms with Gasteiger partial charge in [0, 0.05) is 12.8 Å². The predicted octanol–water partition coefficient (Wildman–Crippen LogP) is 2.90. The van der Waals surface area contributed by atoms with Gasteiger partial charge in [0.15, 0.2) is 0 Å². The highest BCUT2D eigenvalue weighted by atomic mass is 16.5. The van der Waals surface area contributed by atoms with Gasteiger partial charge in [-0.3, -0.25) is 4.79 Å². The summed E-state index contributed by atoms with van der Waals surface area (Å²) in [5.74, 6) is -0.785. The highest BCUT2D eigenvalue weighted by molar-refractivity contribution is 5.66. The largest absolute Gasteiger partial charge is 0.481 e. The number of carbonyl (C=O) groups is 1. The standard InChI is InChI=1S/C22H34O6/c1-2-20-19(25)16-21(28-20)18(24)15-14-17(23)12-10-8-6-4-3-5-7-9-11-13-22(26)27/h3-4,7-10,14-15,17-21,23-25H,2,5-6,11-13,16H2,1H3,(H,26,27)/b4-3-,9-7-,10-8-,15-14+/t17-,18-,19-,20-,21+/m1/s1. The van der Waals surface area contributed by atoms with Gasteiger partial charge in [-0.15, -0.1) is 0 Å². The summed E-state index contributed by atoms with van der Waals surface area (Å²) in [5.41, 5.74) is 0. The molecule has 6 heteroatoms. The van der Waals surface area contributed by atoms with Crippen LogP contribution in [-0.2, 0) is 9.53 Å². The summed E-state index contributed by atoms with van der Waals surface area (Å²) in [6.07, 6.45) is 15.9. The van der Waals surface area contributed by atoms with Crippen LogP contribution in [0.15, 0.2) is 48.6 Å². The second-order valence-electron chi connectivity index (χ2n) is 6.92. The monoisotopic (exact) mass is 394 g/mol. The number of aliphatic hydroxyl groups is 3. The van der Waals surface area contributed by atoms with Crippen LogP contribution < -0.4 is 0 Å². The molecule has 28 heavy (non-hydrogen) atoms. The smallest absolute Gasteiger partial charge is 0.303 e. The lowest BCUT2D eigenvalue weighted by Crippen LogP contribution is -2.24. The Hall–Kier alpha value is -1.73. The number of allylic oxidation sites excluding steroid dienone is 5. The van der Waals surface area contributed by atoms with E-state index in [1.807, 2.05) is 43.4 Å². The van der Waals surface area contributed by atoms with Gasteiger partial charge in [-0.05, 0) is 32.1 Å². The van der Waals surface area contributed by atoms with Crippen LogP contribution in [0.2, 0.25) is 0 Å². The van der Waals surface area contributed by atoms with Gasteiger partial charge >= 0.3 is 5.97 Å². The summed E-state index contributed by atoms with van der Waals surface area (Å²) in [4.78, 5) is 10.3. The van der Waals surface area contributed by atoms with E-state index in [-0.39, 0.29) is 12.5 Å². The zero-order chi connectivity index (χ0) is 20.8. The van der Waals surface area contributed by atoms with Crippen molar-refractivity contribution in [2.75, 3.05) is 0 Å². The number of ether oxygens (including phenoxy) is 1. The second-order valence-corrected chi connectivity index (χ2v) is 6.92. The van der Waals surface area contributed by atoms with E-state index >= 15 is 0 Å². The van der Waals surface area contributed by atoms with Crippen molar-refractivity contribution in [1.29, 1.82) is 0 Å². The molecule has 0 saturated carbocycles. The molecule has 1 heterocycles. The maximum atomic E-state index is 10.3. The Bertz CT molecular complexity index is 551. The molecule has 0 unspecified atom stereocenters. The lowest BCUT2D eigenvalue weighted by atomic mass is 10.1. The second kappa shape index (κ2) is 14.3. The number of aliphatic hydroxyl groups excluding tert-OH is 3. The molecule has 1 aliphatic heterocycles. The molecule has 0 spiro atoms. The molecule has 1 saturated heterocycles. The summed E-state index contributed by atoms with van der Waals surface area (Å²) >= 11 is 0. The van der Waals surface area contributed by atoms with E-state index in [9.17, 15) is 20.1 Å². The summed E-state index contributed by atoms with van der Waals surface area (Å²) in [7, 11) is 0. The Morgan fingerprint density at radius 1 is 1.07 bits per heavy atom. The Morgan fingerprint density at radius 2 is 1.71 bits per heavy atom. The highest BCUT2D eigenvalue weighted by Crippen LogP contribution is 2.25. The molecule has 0 bridgehead atoms. The van der Waals surface area contributed by atoms with Crippen molar-refractivity contribution in [1.82, 2.24) is 0 Å². The van der Waals surface area contributed by atoms with Gasteiger partial charge in [-0.2, -0.15) is 0 Å². The molecule has 0 aromatic rings. The summed E-state index contributed by atoms with van der Waals surface area (Å²) in [6.45, 7) is 1.93. The molecular formula is C22H34O6. The minimum atomic E-state index is -0.837. The lowest BCUT2D eigenvalue weighted by Gasteiger charge is -2.16. The molecule has 1 rings (SSSR count). The third kappa shape index (κ3) is 10.6. The van der Waals surface area contributed by atoms with Crippen LogP contribution in [-0.4, -0.2) is 56.9 Å². The number of rotatable bonds is 13. The molecule has 0 amide bonds. The van der Waals surface area contributed by atoms with Crippen LogP contribution in [0, 0.1) is 0 Å². The SMILES string of the molecule is CC[C@H]1O[C@H]([C@H](O)/C=C/[C@H](O)C/C=C\C/C=C\C/C=C\CCC(=O)O)C[C@H]1O. The number of carboxylic acids is 1. The van der Waals surface area contributed by atoms with Crippen molar-refractivity contribution in [3.8, 4) is 0 Å². The normalized spacial score (nSPS) is 25.5. The van der Waals surface area contributed by atoms with E-state index in [1.54, 1.807) is 6.08 Å². The molecule has 6 nitrogen and oxygen atoms in total. The summed E-state index contributed by atoms with van der Waals surface area (Å²) in [6, 6.07) is 0. The van der Waals surface area contributed by atoms with Crippen molar-refractivity contribution >= 4 is 5.97 Å². The van der Waals surface area contributed by atoms with Gasteiger partial charge in [0.2, 0.25) is 0 Å². The van der Waals surface area contributed by atoms with E-state index in [0.717, 1.165) is 12.8 Å². The van der Waals surface area contributed by atoms with Crippen molar-refractivity contribution in [3.63, 3.8) is 0 Å². The van der Waals surface area contributed by atoms with E-state index < -0.39 is 30.4 Å². The maximum absolute atomic E-state index is 10.3. The first-order valence-corrected chi connectivity index (χ1v) is 9.98. The van der Waals surface area contributed by atoms with Crippen molar-refractivity contribution in [2.24, 2.45) is 0 Å². The minimum Gasteiger partial charge on any atom is -0.481 e. The molecule has 0 aromatic carbocycles. The lowest BCUT2D eigenvalue weighted by molar-refractivity contribution is -0.136. The number of hydrogen-bond donors (Lipinski definition) is 4. The van der Waals surface area contributed by atoms with Crippen LogP contribution in [0.5, 0.6) is 0 Å². The molecule has 0 radical (unpaired) electrons. The van der Waals surface area contributed by atoms with Crippen LogP contribution in [0.1, 0.15) is 51.9 Å². The first-order chi connectivity index (χ1) is 13.4. The number of aliphatic carboxylic acids is 1. The molecule has 1 aliphatic rings. The van der Waals surface area contributed by atoms with Gasteiger partial charge in [0.05, 0.1) is 30.5 Å². The van der Waals surface area contributed by atoms with Crippen LogP contribution in [0.25, 0.3) is 0 Å². The van der Waals surface area contributed by atoms with Crippen molar-refractivity contribution in [2.45, 2.75) is 82.4 Å². The Balaban J connectivity index is 2.16. The van der Waals surface area contributed by atoms with E-state index in [4.69, 9.17) is 9.84 Å². The first kappa shape index (κ1) is 24.3. The fourth-order valence-electron chi connectivity index (χ4n) is 2.90. The van der Waals surface area contributed by atoms with Gasteiger partial charge < -0.3 is 25.2 Å². The third-order valence-corrected chi connectivity index (χ3v) is 4.51. The average molecular weight is 395 g/mol. The van der Waals surface area contributed by atoms with Gasteiger partial charge in [0.1, 0.15) is 0 Å². The molecular weight excluding hydrogens is 360 g/mol. The molecule has 4 N–H and O–H groups in total. The van der Waals surface area contributed by atoms with Crippen LogP contribution in [0.4, 0.5) is 0 Å². The zero-order valence-electron chi connectivity index (χ0n) is 16.6. The summed E-state index contributed by atoms with van der Waals surface area (Å²) < 4.78 is 5.61. The zero-order valence-corrected chi connectivity index (χ0v) is 16.6. The fourth-order valence-corrected chi connectivity index (χ4v) is 2.90. The fraction of sp³-hybridized carbons (Fsp3) is 0.591. The molecule has 0 aromatic heterocycles. The van der Waals surface area contributed by atoms with Gasteiger partial charge in [-0.1, -0.05) is 55.5 Å². The molecule has 1 fully saturated rings. The maximum Gasteiger partial charge on any atom is 0.303 e. The molecule has 158 valence electrons. The Kier molecular flexibility index (Phi) is 12.4. The van der Waals surface area contributed by atoms with Gasteiger partial charge in [-0.25, -0.2) is 0 Å². The van der Waals surface area contributed by atoms with Crippen LogP contribution in [0.3, 0.4) is 0 Å². The average Bonchev–Trinajstić information content (AvgIpc) is 3.04. The first-order valence-electron chi connectivity index (χ1n) is 9.98. The van der Waals surface area contributed by atoms with Crippen molar-refractivity contribution < 1.29 is 30.0 Å². The Labute approximate surface area is 167 Å². The number of carboxylic acid groups (broad SMARTS) is 1. The quantitative estimate of drug-likeness (QED) is 0.358. The molecule has 5 atom stereocenters. The van der Waals surface area contributed by atoms with E-state index in [0.29, 0.717) is 25.7 Å². The highest BCUT2D eigenvalue weighted by Gasteiger charge is 2.35. The van der Waals surface area contributed by atoms with Gasteiger partial charge in [0.25, 0.3) is 0 Å². The number of hydrogen-bond acceptors (Lipinski definition) is 5. The van der Waals surface area contributed by atoms with Crippen LogP contribution >= 0.6 is 0 Å². The minimum absolute atomic E-state index is 0.158. The van der Waals surface area contributed by atoms with E-state index in [2.05, 4.69) is 0 Å². The topological polar surface area (TPSA) is 107 Å². The molecule has 0 aliphatic carbocycles. The Morgan fingerprint density at radius 3 is 2.32 bits per heavy atom. The third-order valence-electron chi connectivity index (χ3n) is 4.51. The predicted molar refractivity (Wildman–Crippen MR) is 109 cm³/mol. The summed E-state index contributed by atoms with van der Waals surface area (Å²) in [5, 5.41) is 38.4. The van der Waals surface area contributed by atoms with E-state index in [1.165, 1.54) is 6.08 Å². The van der Waals surface area contributed by atoms with Crippen molar-refractivity contribution in [3.05, 3.63) is 48.6 Å².